The van der Waals surface area contributed by atoms with Crippen molar-refractivity contribution in [2.75, 3.05) is 0 Å². The zero-order valence-corrected chi connectivity index (χ0v) is 10.7. The van der Waals surface area contributed by atoms with Gasteiger partial charge in [-0.3, -0.25) is 14.9 Å². The molecule has 0 saturated carbocycles. The number of nitrogens with zero attached hydrogens (tertiary/aromatic N) is 1. The summed E-state index contributed by atoms with van der Waals surface area (Å²) in [7, 11) is 0. The number of carbonyl (C=O) groups is 1. The molecule has 0 aliphatic heterocycles. The molecule has 0 N–H and O–H groups in total. The van der Waals surface area contributed by atoms with Gasteiger partial charge in [-0.2, -0.15) is 0 Å². The number of aryl methyl sites for hydroxylation is 2. The van der Waals surface area contributed by atoms with Crippen molar-refractivity contribution in [3.63, 3.8) is 0 Å². The van der Waals surface area contributed by atoms with Gasteiger partial charge in [-0.15, -0.1) is 0 Å². The Morgan fingerprint density at radius 1 is 1.26 bits per heavy atom. The third-order valence-electron chi connectivity index (χ3n) is 2.90. The molecule has 0 fully saturated rings. The Bertz CT molecular complexity index is 643. The highest BCUT2D eigenvalue weighted by atomic mass is 16.6. The standard InChI is InChI=1S/C14H13NO4/c1-9-3-4-10(2)11(7-9)8-12(16)13-5-6-14(19-13)15(17)18/h3-7H,8H2,1-2H3. The maximum absolute atomic E-state index is 12.0. The summed E-state index contributed by atoms with van der Waals surface area (Å²) in [5.74, 6) is -0.654. The molecule has 2 aromatic rings. The third-order valence-corrected chi connectivity index (χ3v) is 2.90. The molecule has 0 saturated heterocycles. The van der Waals surface area contributed by atoms with E-state index < -0.39 is 10.8 Å². The van der Waals surface area contributed by atoms with Crippen LogP contribution in [0, 0.1) is 24.0 Å². The molecule has 98 valence electrons. The zero-order valence-electron chi connectivity index (χ0n) is 10.7. The summed E-state index contributed by atoms with van der Waals surface area (Å²) >= 11 is 0. The van der Waals surface area contributed by atoms with Crippen molar-refractivity contribution in [1.29, 1.82) is 0 Å². The average molecular weight is 259 g/mol. The van der Waals surface area contributed by atoms with Gasteiger partial charge in [-0.25, -0.2) is 0 Å². The van der Waals surface area contributed by atoms with Gasteiger partial charge in [0.05, 0.1) is 6.07 Å². The minimum Gasteiger partial charge on any atom is -0.397 e. The molecule has 1 aromatic heterocycles. The van der Waals surface area contributed by atoms with Crippen LogP contribution in [0.25, 0.3) is 0 Å². The second-order valence-electron chi connectivity index (χ2n) is 4.42. The second-order valence-corrected chi connectivity index (χ2v) is 4.42. The highest BCUT2D eigenvalue weighted by Crippen LogP contribution is 2.19. The first kappa shape index (κ1) is 13.0. The van der Waals surface area contributed by atoms with Crippen molar-refractivity contribution in [2.45, 2.75) is 20.3 Å². The van der Waals surface area contributed by atoms with Crippen LogP contribution >= 0.6 is 0 Å². The van der Waals surface area contributed by atoms with Crippen LogP contribution in [-0.4, -0.2) is 10.7 Å². The van der Waals surface area contributed by atoms with Gasteiger partial charge in [0.1, 0.15) is 4.92 Å². The smallest absolute Gasteiger partial charge is 0.397 e. The largest absolute Gasteiger partial charge is 0.433 e. The van der Waals surface area contributed by atoms with Crippen LogP contribution in [0.4, 0.5) is 5.88 Å². The van der Waals surface area contributed by atoms with Crippen LogP contribution in [0.1, 0.15) is 27.2 Å². The van der Waals surface area contributed by atoms with Crippen molar-refractivity contribution in [1.82, 2.24) is 0 Å². The molecule has 19 heavy (non-hydrogen) atoms. The molecule has 0 aliphatic carbocycles. The first-order chi connectivity index (χ1) is 8.97. The van der Waals surface area contributed by atoms with Gasteiger partial charge in [0.15, 0.2) is 5.76 Å². The molecular weight excluding hydrogens is 246 g/mol. The monoisotopic (exact) mass is 259 g/mol. The van der Waals surface area contributed by atoms with Crippen molar-refractivity contribution >= 4 is 11.7 Å². The number of ketones is 1. The number of benzene rings is 1. The molecule has 0 spiro atoms. The number of nitro groups is 1. The molecule has 0 unspecified atom stereocenters. The second kappa shape index (κ2) is 5.06. The molecule has 0 bridgehead atoms. The van der Waals surface area contributed by atoms with Gasteiger partial charge >= 0.3 is 5.88 Å². The van der Waals surface area contributed by atoms with Crippen LogP contribution in [0.3, 0.4) is 0 Å². The van der Waals surface area contributed by atoms with Crippen molar-refractivity contribution in [2.24, 2.45) is 0 Å². The summed E-state index contributed by atoms with van der Waals surface area (Å²) in [5.41, 5.74) is 2.99. The summed E-state index contributed by atoms with van der Waals surface area (Å²) in [6.07, 6.45) is 0.179. The molecule has 5 heteroatoms. The molecule has 0 atom stereocenters. The van der Waals surface area contributed by atoms with E-state index in [-0.39, 0.29) is 18.0 Å². The fourth-order valence-electron chi connectivity index (χ4n) is 1.83. The molecular formula is C14H13NO4. The Morgan fingerprint density at radius 2 is 2.00 bits per heavy atom. The lowest BCUT2D eigenvalue weighted by atomic mass is 10.0. The highest BCUT2D eigenvalue weighted by Gasteiger charge is 2.18. The number of hydrogen-bond donors (Lipinski definition) is 0. The minimum absolute atomic E-state index is 0.0209. The Balaban J connectivity index is 2.20. The summed E-state index contributed by atoms with van der Waals surface area (Å²) in [4.78, 5) is 21.8. The van der Waals surface area contributed by atoms with Crippen LogP contribution in [-0.2, 0) is 6.42 Å². The van der Waals surface area contributed by atoms with E-state index >= 15 is 0 Å². The Labute approximate surface area is 110 Å². The maximum atomic E-state index is 12.0. The molecule has 2 rings (SSSR count). The van der Waals surface area contributed by atoms with E-state index in [1.165, 1.54) is 12.1 Å². The summed E-state index contributed by atoms with van der Waals surface area (Å²) in [6.45, 7) is 3.87. The van der Waals surface area contributed by atoms with Gasteiger partial charge in [0, 0.05) is 6.42 Å². The minimum atomic E-state index is -0.658. The van der Waals surface area contributed by atoms with E-state index in [1.54, 1.807) is 0 Å². The van der Waals surface area contributed by atoms with Crippen molar-refractivity contribution in [3.8, 4) is 0 Å². The Kier molecular flexibility index (Phi) is 3.46. The van der Waals surface area contributed by atoms with E-state index in [9.17, 15) is 14.9 Å². The molecule has 0 radical (unpaired) electrons. The molecule has 1 aromatic carbocycles. The van der Waals surface area contributed by atoms with Gasteiger partial charge in [-0.05, 0) is 31.0 Å². The van der Waals surface area contributed by atoms with E-state index in [0.29, 0.717) is 0 Å². The van der Waals surface area contributed by atoms with Gasteiger partial charge in [0.25, 0.3) is 0 Å². The van der Waals surface area contributed by atoms with Gasteiger partial charge in [-0.1, -0.05) is 23.8 Å². The predicted molar refractivity (Wildman–Crippen MR) is 69.3 cm³/mol. The van der Waals surface area contributed by atoms with Crippen molar-refractivity contribution < 1.29 is 14.1 Å². The van der Waals surface area contributed by atoms with Crippen LogP contribution in [0.2, 0.25) is 0 Å². The number of rotatable bonds is 4. The Morgan fingerprint density at radius 3 is 2.63 bits per heavy atom. The molecule has 1 heterocycles. The van der Waals surface area contributed by atoms with Gasteiger partial charge in [0.2, 0.25) is 5.78 Å². The molecule has 0 aliphatic rings. The van der Waals surface area contributed by atoms with E-state index in [2.05, 4.69) is 0 Å². The van der Waals surface area contributed by atoms with Crippen LogP contribution < -0.4 is 0 Å². The summed E-state index contributed by atoms with van der Waals surface area (Å²) in [5, 5.41) is 10.5. The SMILES string of the molecule is Cc1ccc(C)c(CC(=O)c2ccc([N+](=O)[O-])o2)c1. The maximum Gasteiger partial charge on any atom is 0.433 e. The van der Waals surface area contributed by atoms with Crippen LogP contribution in [0.5, 0.6) is 0 Å². The van der Waals surface area contributed by atoms with Crippen molar-refractivity contribution in [3.05, 3.63) is 62.9 Å². The molecule has 5 nitrogen and oxygen atoms in total. The first-order valence-electron chi connectivity index (χ1n) is 5.81. The summed E-state index contributed by atoms with van der Waals surface area (Å²) < 4.78 is 4.90. The quantitative estimate of drug-likeness (QED) is 0.480. The zero-order chi connectivity index (χ0) is 14.0. The lowest BCUT2D eigenvalue weighted by Crippen LogP contribution is -2.04. The highest BCUT2D eigenvalue weighted by molar-refractivity contribution is 5.95. The van der Waals surface area contributed by atoms with E-state index in [0.717, 1.165) is 16.7 Å². The number of hydrogen-bond acceptors (Lipinski definition) is 4. The van der Waals surface area contributed by atoms with Crippen LogP contribution in [0.15, 0.2) is 34.7 Å². The molecule has 0 amide bonds. The summed E-state index contributed by atoms with van der Waals surface area (Å²) in [6, 6.07) is 8.39. The number of furan rings is 1. The van der Waals surface area contributed by atoms with E-state index in [1.807, 2.05) is 32.0 Å². The predicted octanol–water partition coefficient (Wildman–Crippen LogP) is 3.23. The topological polar surface area (TPSA) is 73.3 Å². The lowest BCUT2D eigenvalue weighted by molar-refractivity contribution is -0.402. The lowest BCUT2D eigenvalue weighted by Gasteiger charge is -2.05. The first-order valence-corrected chi connectivity index (χ1v) is 5.81. The fourth-order valence-corrected chi connectivity index (χ4v) is 1.83. The normalized spacial score (nSPS) is 10.4. The van der Waals surface area contributed by atoms with Gasteiger partial charge < -0.3 is 4.42 Å². The Hall–Kier alpha value is -2.43. The van der Waals surface area contributed by atoms with E-state index in [4.69, 9.17) is 4.42 Å². The number of Topliss-reactive ketones (excluding diaryl/α,β-unsaturated/α-hetero) is 1. The number of carbonyl (C=O) groups excluding carboxylic acids is 1. The third kappa shape index (κ3) is 2.88. The average Bonchev–Trinajstić information content (AvgIpc) is 2.83. The fraction of sp³-hybridized carbons (Fsp3) is 0.214.